The molecule has 2 aromatic heterocycles. The third kappa shape index (κ3) is 10.5. The van der Waals surface area contributed by atoms with E-state index in [9.17, 15) is 4.79 Å². The summed E-state index contributed by atoms with van der Waals surface area (Å²) in [4.78, 5) is 21.5. The van der Waals surface area contributed by atoms with Gasteiger partial charge >= 0.3 is 0 Å². The van der Waals surface area contributed by atoms with Crippen LogP contribution in [0, 0.1) is 0 Å². The van der Waals surface area contributed by atoms with Crippen molar-refractivity contribution in [1.29, 1.82) is 0 Å². The third-order valence-corrected chi connectivity index (χ3v) is 7.76. The van der Waals surface area contributed by atoms with E-state index >= 15 is 0 Å². The van der Waals surface area contributed by atoms with Crippen LogP contribution in [-0.2, 0) is 23.2 Å². The number of rotatable bonds is 22. The van der Waals surface area contributed by atoms with E-state index in [0.717, 1.165) is 47.3 Å². The van der Waals surface area contributed by atoms with E-state index in [2.05, 4.69) is 22.2 Å². The predicted octanol–water partition coefficient (Wildman–Crippen LogP) is 7.61. The second kappa shape index (κ2) is 18.5. The molecule has 1 aromatic carbocycles. The van der Waals surface area contributed by atoms with Crippen molar-refractivity contribution in [1.82, 2.24) is 19.9 Å². The Bertz CT molecular complexity index is 1190. The zero-order chi connectivity index (χ0) is 29.3. The summed E-state index contributed by atoms with van der Waals surface area (Å²) in [5.74, 6) is 2.07. The second-order valence-corrected chi connectivity index (χ2v) is 11.1. The third-order valence-electron chi connectivity index (χ3n) is 7.76. The Morgan fingerprint density at radius 1 is 0.902 bits per heavy atom. The van der Waals surface area contributed by atoms with E-state index in [4.69, 9.17) is 15.2 Å². The molecule has 0 fully saturated rings. The lowest BCUT2D eigenvalue weighted by molar-refractivity contribution is -0.121. The minimum atomic E-state index is 0.135. The lowest BCUT2D eigenvalue weighted by Crippen LogP contribution is -2.25. The van der Waals surface area contributed by atoms with Gasteiger partial charge in [0.15, 0.2) is 5.82 Å². The normalized spacial score (nSPS) is 11.5. The Morgan fingerprint density at radius 2 is 1.56 bits per heavy atom. The number of imidazole rings is 1. The van der Waals surface area contributed by atoms with Crippen LogP contribution in [0.1, 0.15) is 116 Å². The average molecular weight is 568 g/mol. The molecule has 0 spiro atoms. The molecule has 228 valence electrons. The van der Waals surface area contributed by atoms with Gasteiger partial charge in [0, 0.05) is 26.6 Å². The van der Waals surface area contributed by atoms with Gasteiger partial charge in [-0.15, -0.1) is 0 Å². The predicted molar refractivity (Wildman–Crippen MR) is 169 cm³/mol. The number of nitrogen functional groups attached to an aromatic ring is 1. The summed E-state index contributed by atoms with van der Waals surface area (Å²) in [7, 11) is 1.96. The highest BCUT2D eigenvalue weighted by Crippen LogP contribution is 2.34. The fraction of sp³-hybridized carbons (Fsp3) is 0.667. The van der Waals surface area contributed by atoms with Crippen molar-refractivity contribution < 1.29 is 14.3 Å². The molecule has 0 unspecified atom stereocenters. The van der Waals surface area contributed by atoms with E-state index in [1.165, 1.54) is 70.6 Å². The molecule has 3 N–H and O–H groups in total. The van der Waals surface area contributed by atoms with Crippen molar-refractivity contribution in [2.45, 2.75) is 117 Å². The summed E-state index contributed by atoms with van der Waals surface area (Å²) >= 11 is 0. The molecule has 0 saturated carbocycles. The van der Waals surface area contributed by atoms with Gasteiger partial charge in [-0.2, -0.15) is 0 Å². The van der Waals surface area contributed by atoms with Crippen LogP contribution in [0.2, 0.25) is 0 Å². The summed E-state index contributed by atoms with van der Waals surface area (Å²) < 4.78 is 13.8. The van der Waals surface area contributed by atoms with Gasteiger partial charge in [-0.25, -0.2) is 9.97 Å². The molecule has 2 heterocycles. The van der Waals surface area contributed by atoms with Crippen LogP contribution in [0.3, 0.4) is 0 Å². The van der Waals surface area contributed by atoms with Gasteiger partial charge in [0.2, 0.25) is 5.91 Å². The van der Waals surface area contributed by atoms with Crippen molar-refractivity contribution in [2.24, 2.45) is 7.05 Å². The number of unbranched alkanes of at least 4 members (excludes halogenated alkanes) is 12. The summed E-state index contributed by atoms with van der Waals surface area (Å²) in [5.41, 5.74) is 8.56. The number of aromatic nitrogens is 3. The van der Waals surface area contributed by atoms with E-state index < -0.39 is 0 Å². The van der Waals surface area contributed by atoms with Crippen LogP contribution in [-0.4, -0.2) is 40.2 Å². The van der Waals surface area contributed by atoms with Gasteiger partial charge in [0.1, 0.15) is 23.7 Å². The molecule has 3 aromatic rings. The van der Waals surface area contributed by atoms with Crippen LogP contribution in [0.25, 0.3) is 21.9 Å². The van der Waals surface area contributed by atoms with Crippen molar-refractivity contribution in [3.63, 3.8) is 0 Å². The van der Waals surface area contributed by atoms with Gasteiger partial charge in [0.25, 0.3) is 0 Å². The van der Waals surface area contributed by atoms with Crippen LogP contribution in [0.15, 0.2) is 18.2 Å². The lowest BCUT2D eigenvalue weighted by Gasteiger charge is -2.12. The molecule has 8 nitrogen and oxygen atoms in total. The molecular weight excluding hydrogens is 514 g/mol. The number of nitrogens with two attached hydrogens (primary N) is 1. The van der Waals surface area contributed by atoms with Crippen molar-refractivity contribution in [3.8, 4) is 5.75 Å². The summed E-state index contributed by atoms with van der Waals surface area (Å²) in [5, 5.41) is 3.93. The second-order valence-electron chi connectivity index (χ2n) is 11.1. The molecule has 0 atom stereocenters. The number of carbonyl (C=O) groups excluding carboxylic acids is 1. The first-order valence-corrected chi connectivity index (χ1v) is 16.1. The number of hydrogen-bond donors (Lipinski definition) is 2. The summed E-state index contributed by atoms with van der Waals surface area (Å²) in [6.45, 7) is 6.35. The summed E-state index contributed by atoms with van der Waals surface area (Å²) in [6, 6.07) is 5.80. The fourth-order valence-electron chi connectivity index (χ4n) is 5.36. The van der Waals surface area contributed by atoms with Crippen LogP contribution in [0.5, 0.6) is 5.75 Å². The molecule has 0 saturated heterocycles. The Morgan fingerprint density at radius 3 is 2.22 bits per heavy atom. The number of hydrogen-bond acceptors (Lipinski definition) is 6. The molecule has 0 aliphatic rings. The first-order chi connectivity index (χ1) is 20.1. The van der Waals surface area contributed by atoms with Gasteiger partial charge in [-0.1, -0.05) is 90.0 Å². The Balaban J connectivity index is 1.32. The van der Waals surface area contributed by atoms with Crippen molar-refractivity contribution in [3.05, 3.63) is 24.0 Å². The maximum absolute atomic E-state index is 12.3. The number of amides is 1. The Hall–Kier alpha value is -2.87. The fourth-order valence-corrected chi connectivity index (χ4v) is 5.36. The zero-order valence-electron chi connectivity index (χ0n) is 25.8. The molecule has 3 rings (SSSR count). The van der Waals surface area contributed by atoms with Crippen LogP contribution >= 0.6 is 0 Å². The van der Waals surface area contributed by atoms with E-state index in [1.807, 2.05) is 36.7 Å². The smallest absolute Gasteiger partial charge is 0.219 e. The topological polar surface area (TPSA) is 104 Å². The number of carbonyl (C=O) groups is 1. The van der Waals surface area contributed by atoms with E-state index in [1.54, 1.807) is 0 Å². The maximum Gasteiger partial charge on any atom is 0.219 e. The van der Waals surface area contributed by atoms with E-state index in [-0.39, 0.29) is 5.91 Å². The van der Waals surface area contributed by atoms with Gasteiger partial charge in [0.05, 0.1) is 23.0 Å². The highest BCUT2D eigenvalue weighted by molar-refractivity contribution is 6.09. The Kier molecular flexibility index (Phi) is 14.8. The average Bonchev–Trinajstić information content (AvgIpc) is 3.30. The SMILES string of the molecule is CCCCCCCCCCCCCCCC(=O)NCCCOc1cccc2nc(N)c3nc(COCC)n(C)c3c12. The number of aryl methyl sites for hydroxylation is 1. The van der Waals surface area contributed by atoms with Crippen molar-refractivity contribution >= 4 is 33.7 Å². The molecule has 1 amide bonds. The largest absolute Gasteiger partial charge is 0.493 e. The first-order valence-electron chi connectivity index (χ1n) is 16.1. The minimum absolute atomic E-state index is 0.135. The van der Waals surface area contributed by atoms with Gasteiger partial charge in [-0.05, 0) is 31.9 Å². The summed E-state index contributed by atoms with van der Waals surface area (Å²) in [6.07, 6.45) is 18.4. The van der Waals surface area contributed by atoms with Gasteiger partial charge < -0.3 is 25.1 Å². The monoisotopic (exact) mass is 567 g/mol. The number of anilines is 1. The number of pyridine rings is 1. The quantitative estimate of drug-likeness (QED) is 0.121. The van der Waals surface area contributed by atoms with Crippen LogP contribution in [0.4, 0.5) is 5.82 Å². The number of nitrogens with zero attached hydrogens (tertiary/aromatic N) is 3. The molecule has 0 bridgehead atoms. The number of benzene rings is 1. The highest BCUT2D eigenvalue weighted by atomic mass is 16.5. The van der Waals surface area contributed by atoms with Gasteiger partial charge in [-0.3, -0.25) is 4.79 Å². The van der Waals surface area contributed by atoms with E-state index in [0.29, 0.717) is 44.1 Å². The minimum Gasteiger partial charge on any atom is -0.493 e. The molecule has 0 radical (unpaired) electrons. The molecular formula is C33H53N5O3. The number of ether oxygens (including phenoxy) is 2. The number of nitrogens with one attached hydrogen (secondary N) is 1. The molecule has 8 heteroatoms. The maximum atomic E-state index is 12.3. The molecule has 0 aliphatic heterocycles. The number of fused-ring (bicyclic) bond motifs is 3. The Labute approximate surface area is 246 Å². The first kappa shape index (κ1) is 32.6. The lowest BCUT2D eigenvalue weighted by atomic mass is 10.0. The molecule has 41 heavy (non-hydrogen) atoms. The zero-order valence-corrected chi connectivity index (χ0v) is 25.8. The van der Waals surface area contributed by atoms with Crippen molar-refractivity contribution in [2.75, 3.05) is 25.5 Å². The van der Waals surface area contributed by atoms with Crippen LogP contribution < -0.4 is 15.8 Å². The highest BCUT2D eigenvalue weighted by Gasteiger charge is 2.18. The standard InChI is InChI=1S/C33H53N5O3/c1-4-6-7-8-9-10-11-12-13-14-15-16-17-22-29(39)35-23-19-24-41-27-21-18-20-26-30(27)32-31(33(34)36-26)37-28(38(32)3)25-40-5-2/h18,20-21H,4-17,19,22-25H2,1-3H3,(H2,34,36)(H,35,39). The molecule has 0 aliphatic carbocycles.